The van der Waals surface area contributed by atoms with Crippen LogP contribution in [0.3, 0.4) is 0 Å². The van der Waals surface area contributed by atoms with E-state index < -0.39 is 0 Å². The summed E-state index contributed by atoms with van der Waals surface area (Å²) in [6, 6.07) is 2.30. The minimum Gasteiger partial charge on any atom is -0.383 e. The van der Waals surface area contributed by atoms with E-state index in [0.717, 1.165) is 25.1 Å². The van der Waals surface area contributed by atoms with Crippen LogP contribution in [0, 0.1) is 5.92 Å². The van der Waals surface area contributed by atoms with Crippen LogP contribution in [-0.4, -0.2) is 17.6 Å². The molecule has 3 N–H and O–H groups in total. The van der Waals surface area contributed by atoms with E-state index in [1.54, 1.807) is 12.4 Å². The summed E-state index contributed by atoms with van der Waals surface area (Å²) in [7, 11) is 0. The second kappa shape index (κ2) is 4.15. The Morgan fingerprint density at radius 3 is 3.00 bits per heavy atom. The largest absolute Gasteiger partial charge is 0.383 e. The van der Waals surface area contributed by atoms with Crippen LogP contribution in [0.15, 0.2) is 18.5 Å². The molecule has 1 aromatic rings. The van der Waals surface area contributed by atoms with Crippen molar-refractivity contribution in [1.29, 1.82) is 0 Å². The van der Waals surface area contributed by atoms with Crippen molar-refractivity contribution < 1.29 is 0 Å². The van der Waals surface area contributed by atoms with E-state index in [-0.39, 0.29) is 0 Å². The molecule has 0 aromatic carbocycles. The first kappa shape index (κ1) is 9.74. The van der Waals surface area contributed by atoms with Gasteiger partial charge in [-0.25, -0.2) is 0 Å². The molecule has 4 heteroatoms. The average molecular weight is 212 g/mol. The number of anilines is 1. The van der Waals surface area contributed by atoms with Crippen LogP contribution < -0.4 is 11.1 Å². The number of nitrogens with one attached hydrogen (secondary N) is 1. The van der Waals surface area contributed by atoms with Gasteiger partial charge in [0.1, 0.15) is 0 Å². The Hall–Kier alpha value is -0.800. The van der Waals surface area contributed by atoms with Crippen LogP contribution in [0.25, 0.3) is 0 Å². The molecule has 0 amide bonds. The third-order valence-corrected chi connectivity index (χ3v) is 2.93. The van der Waals surface area contributed by atoms with Crippen LogP contribution in [0.5, 0.6) is 0 Å². The maximum Gasteiger partial charge on any atom is 0.0820 e. The van der Waals surface area contributed by atoms with Crippen molar-refractivity contribution in [3.63, 3.8) is 0 Å². The van der Waals surface area contributed by atoms with Gasteiger partial charge in [-0.3, -0.25) is 4.98 Å². The van der Waals surface area contributed by atoms with Gasteiger partial charge in [0.25, 0.3) is 0 Å². The van der Waals surface area contributed by atoms with Crippen molar-refractivity contribution in [2.45, 2.75) is 18.9 Å². The lowest BCUT2D eigenvalue weighted by atomic mass is 9.81. The van der Waals surface area contributed by atoms with E-state index in [9.17, 15) is 0 Å². The number of halogens is 1. The predicted molar refractivity (Wildman–Crippen MR) is 58.4 cm³/mol. The third kappa shape index (κ3) is 2.16. The van der Waals surface area contributed by atoms with Gasteiger partial charge in [-0.1, -0.05) is 11.6 Å². The molecule has 0 spiro atoms. The van der Waals surface area contributed by atoms with Crippen LogP contribution in [-0.2, 0) is 0 Å². The summed E-state index contributed by atoms with van der Waals surface area (Å²) in [5, 5.41) is 3.98. The predicted octanol–water partition coefficient (Wildman–Crippen LogP) is 1.88. The lowest BCUT2D eigenvalue weighted by Crippen LogP contribution is -2.39. The molecule has 1 fully saturated rings. The molecule has 1 aromatic heterocycles. The van der Waals surface area contributed by atoms with E-state index in [2.05, 4.69) is 10.3 Å². The Kier molecular flexibility index (Phi) is 2.89. The fourth-order valence-corrected chi connectivity index (χ4v) is 1.91. The Labute approximate surface area is 88.7 Å². The monoisotopic (exact) mass is 211 g/mol. The number of pyridine rings is 1. The zero-order chi connectivity index (χ0) is 9.97. The highest BCUT2D eigenvalue weighted by atomic mass is 35.5. The van der Waals surface area contributed by atoms with E-state index in [0.29, 0.717) is 17.0 Å². The molecule has 0 bridgehead atoms. The fourth-order valence-electron chi connectivity index (χ4n) is 1.73. The maximum absolute atomic E-state index is 5.95. The normalized spacial score (nSPS) is 25.6. The lowest BCUT2D eigenvalue weighted by Gasteiger charge is -2.32. The Morgan fingerprint density at radius 1 is 1.57 bits per heavy atom. The van der Waals surface area contributed by atoms with Gasteiger partial charge in [0.2, 0.25) is 0 Å². The van der Waals surface area contributed by atoms with Gasteiger partial charge in [0.05, 0.1) is 10.7 Å². The van der Waals surface area contributed by atoms with Crippen molar-refractivity contribution in [2.75, 3.05) is 11.9 Å². The first-order valence-corrected chi connectivity index (χ1v) is 5.22. The minimum absolute atomic E-state index is 0.412. The molecule has 0 saturated heterocycles. The molecule has 1 aliphatic carbocycles. The van der Waals surface area contributed by atoms with Crippen LogP contribution in [0.4, 0.5) is 5.69 Å². The van der Waals surface area contributed by atoms with Crippen LogP contribution >= 0.6 is 11.6 Å². The smallest absolute Gasteiger partial charge is 0.0820 e. The fraction of sp³-hybridized carbons (Fsp3) is 0.500. The zero-order valence-corrected chi connectivity index (χ0v) is 8.67. The average Bonchev–Trinajstić information content (AvgIpc) is 2.13. The maximum atomic E-state index is 5.95. The molecule has 1 saturated carbocycles. The molecule has 3 nitrogen and oxygen atoms in total. The molecular weight excluding hydrogens is 198 g/mol. The standard InChI is InChI=1S/C10H14ClN3/c11-9-6-13-2-1-10(9)14-5-7-3-8(12)4-7/h1-2,6-8H,3-5,12H2,(H,13,14). The number of nitrogens with two attached hydrogens (primary N) is 1. The molecule has 0 aliphatic heterocycles. The van der Waals surface area contributed by atoms with E-state index >= 15 is 0 Å². The van der Waals surface area contributed by atoms with Crippen molar-refractivity contribution in [3.8, 4) is 0 Å². The summed E-state index contributed by atoms with van der Waals surface area (Å²) in [4.78, 5) is 3.93. The third-order valence-electron chi connectivity index (χ3n) is 2.63. The van der Waals surface area contributed by atoms with Gasteiger partial charge in [0, 0.05) is 25.0 Å². The summed E-state index contributed by atoms with van der Waals surface area (Å²) in [6.45, 7) is 0.956. The van der Waals surface area contributed by atoms with Gasteiger partial charge in [-0.2, -0.15) is 0 Å². The highest BCUT2D eigenvalue weighted by Crippen LogP contribution is 2.27. The van der Waals surface area contributed by atoms with Crippen molar-refractivity contribution in [1.82, 2.24) is 4.98 Å². The topological polar surface area (TPSA) is 50.9 Å². The summed E-state index contributed by atoms with van der Waals surface area (Å²) in [5.41, 5.74) is 6.66. The highest BCUT2D eigenvalue weighted by Gasteiger charge is 2.25. The van der Waals surface area contributed by atoms with Gasteiger partial charge < -0.3 is 11.1 Å². The Balaban J connectivity index is 1.83. The zero-order valence-electron chi connectivity index (χ0n) is 7.91. The number of aromatic nitrogens is 1. The first-order chi connectivity index (χ1) is 6.75. The van der Waals surface area contributed by atoms with Gasteiger partial charge in [0.15, 0.2) is 0 Å². The van der Waals surface area contributed by atoms with Crippen LogP contribution in [0.1, 0.15) is 12.8 Å². The molecule has 0 atom stereocenters. The number of nitrogens with zero attached hydrogens (tertiary/aromatic N) is 1. The summed E-state index contributed by atoms with van der Waals surface area (Å²) in [5.74, 6) is 0.703. The van der Waals surface area contributed by atoms with E-state index in [4.69, 9.17) is 17.3 Å². The second-order valence-corrected chi connectivity index (χ2v) is 4.24. The molecule has 0 radical (unpaired) electrons. The minimum atomic E-state index is 0.412. The van der Waals surface area contributed by atoms with E-state index in [1.165, 1.54) is 0 Å². The molecule has 0 unspecified atom stereocenters. The number of hydrogen-bond donors (Lipinski definition) is 2. The highest BCUT2D eigenvalue weighted by molar-refractivity contribution is 6.33. The molecule has 1 heterocycles. The summed E-state index contributed by atoms with van der Waals surface area (Å²) in [6.07, 6.45) is 5.63. The van der Waals surface area contributed by atoms with Gasteiger partial charge >= 0.3 is 0 Å². The van der Waals surface area contributed by atoms with Gasteiger partial charge in [-0.15, -0.1) is 0 Å². The molecule has 2 rings (SSSR count). The number of hydrogen-bond acceptors (Lipinski definition) is 3. The summed E-state index contributed by atoms with van der Waals surface area (Å²) < 4.78 is 0. The van der Waals surface area contributed by atoms with Crippen molar-refractivity contribution in [3.05, 3.63) is 23.5 Å². The van der Waals surface area contributed by atoms with Crippen molar-refractivity contribution in [2.24, 2.45) is 11.7 Å². The van der Waals surface area contributed by atoms with Crippen molar-refractivity contribution >= 4 is 17.3 Å². The molecule has 14 heavy (non-hydrogen) atoms. The Morgan fingerprint density at radius 2 is 2.36 bits per heavy atom. The molecule has 1 aliphatic rings. The molecule has 76 valence electrons. The van der Waals surface area contributed by atoms with E-state index in [1.807, 2.05) is 6.07 Å². The summed E-state index contributed by atoms with van der Waals surface area (Å²) >= 11 is 5.95. The SMILES string of the molecule is NC1CC(CNc2ccncc2Cl)C1. The van der Waals surface area contributed by atoms with Gasteiger partial charge in [-0.05, 0) is 24.8 Å². The first-order valence-electron chi connectivity index (χ1n) is 4.84. The molecular formula is C10H14ClN3. The number of rotatable bonds is 3. The Bertz CT molecular complexity index is 310. The van der Waals surface area contributed by atoms with Crippen LogP contribution in [0.2, 0.25) is 5.02 Å². The second-order valence-electron chi connectivity index (χ2n) is 3.83. The quantitative estimate of drug-likeness (QED) is 0.803. The lowest BCUT2D eigenvalue weighted by molar-refractivity contribution is 0.280.